The van der Waals surface area contributed by atoms with Gasteiger partial charge >= 0.3 is 0 Å². The summed E-state index contributed by atoms with van der Waals surface area (Å²) in [5.74, 6) is 0.708. The van der Waals surface area contributed by atoms with Gasteiger partial charge in [0, 0.05) is 6.04 Å². The number of nitrogens with one attached hydrogen (secondary N) is 1. The second-order valence-corrected chi connectivity index (χ2v) is 6.51. The topological polar surface area (TPSA) is 24.9 Å². The Morgan fingerprint density at radius 2 is 2.12 bits per heavy atom. The van der Waals surface area contributed by atoms with Crippen LogP contribution in [-0.4, -0.2) is 11.0 Å². The molecule has 3 heteroatoms. The highest BCUT2D eigenvalue weighted by Gasteiger charge is 2.36. The second kappa shape index (κ2) is 4.49. The zero-order valence-corrected chi connectivity index (χ0v) is 11.8. The van der Waals surface area contributed by atoms with E-state index >= 15 is 0 Å². The molecule has 1 N–H and O–H groups in total. The summed E-state index contributed by atoms with van der Waals surface area (Å²) >= 11 is 5.87. The molecule has 0 spiro atoms. The van der Waals surface area contributed by atoms with E-state index in [9.17, 15) is 0 Å². The quantitative estimate of drug-likeness (QED) is 0.795. The monoisotopic (exact) mass is 252 g/mol. The molecule has 94 valence electrons. The van der Waals surface area contributed by atoms with Crippen LogP contribution in [0, 0.1) is 18.3 Å². The van der Waals surface area contributed by atoms with Gasteiger partial charge in [0.25, 0.3) is 0 Å². The predicted molar refractivity (Wildman–Crippen MR) is 73.6 cm³/mol. The minimum atomic E-state index is 0.449. The molecule has 0 bridgehead atoms. The van der Waals surface area contributed by atoms with E-state index in [1.807, 2.05) is 12.3 Å². The summed E-state index contributed by atoms with van der Waals surface area (Å²) in [4.78, 5) is 4.15. The number of aromatic nitrogens is 1. The molecule has 1 heterocycles. The largest absolute Gasteiger partial charge is 0.381 e. The van der Waals surface area contributed by atoms with Crippen LogP contribution in [0.1, 0.15) is 39.2 Å². The molecule has 17 heavy (non-hydrogen) atoms. The Hall–Kier alpha value is -0.760. The first kappa shape index (κ1) is 12.7. The molecule has 2 atom stereocenters. The van der Waals surface area contributed by atoms with E-state index in [2.05, 4.69) is 38.0 Å². The Morgan fingerprint density at radius 1 is 1.41 bits per heavy atom. The van der Waals surface area contributed by atoms with Crippen molar-refractivity contribution in [3.8, 4) is 0 Å². The van der Waals surface area contributed by atoms with Crippen molar-refractivity contribution in [2.75, 3.05) is 5.32 Å². The number of anilines is 1. The highest BCUT2D eigenvalue weighted by molar-refractivity contribution is 6.29. The molecule has 0 aromatic carbocycles. The molecular weight excluding hydrogens is 232 g/mol. The molecule has 0 radical (unpaired) electrons. The molecule has 1 fully saturated rings. The van der Waals surface area contributed by atoms with Gasteiger partial charge in [-0.25, -0.2) is 4.98 Å². The first-order chi connectivity index (χ1) is 7.87. The SMILES string of the molecule is Cc1cc(Cl)ncc1NC1CC(C)(C)CC1C. The average molecular weight is 253 g/mol. The highest BCUT2D eigenvalue weighted by atomic mass is 35.5. The van der Waals surface area contributed by atoms with Crippen molar-refractivity contribution in [1.29, 1.82) is 0 Å². The van der Waals surface area contributed by atoms with E-state index in [1.165, 1.54) is 18.4 Å². The molecule has 1 aromatic rings. The van der Waals surface area contributed by atoms with Gasteiger partial charge in [0.2, 0.25) is 0 Å². The summed E-state index contributed by atoms with van der Waals surface area (Å²) in [6.45, 7) is 9.09. The van der Waals surface area contributed by atoms with Gasteiger partial charge in [-0.2, -0.15) is 0 Å². The molecule has 1 aliphatic rings. The van der Waals surface area contributed by atoms with Crippen LogP contribution in [0.25, 0.3) is 0 Å². The Labute approximate surface area is 109 Å². The van der Waals surface area contributed by atoms with Gasteiger partial charge in [0.15, 0.2) is 0 Å². The van der Waals surface area contributed by atoms with Crippen LogP contribution in [0.5, 0.6) is 0 Å². The van der Waals surface area contributed by atoms with Gasteiger partial charge in [-0.15, -0.1) is 0 Å². The second-order valence-electron chi connectivity index (χ2n) is 6.12. The van der Waals surface area contributed by atoms with E-state index in [0.29, 0.717) is 22.5 Å². The van der Waals surface area contributed by atoms with Gasteiger partial charge in [-0.05, 0) is 42.7 Å². The molecule has 0 aliphatic heterocycles. The fourth-order valence-corrected chi connectivity index (χ4v) is 3.17. The summed E-state index contributed by atoms with van der Waals surface area (Å²) in [6, 6.07) is 2.46. The predicted octanol–water partition coefficient (Wildman–Crippen LogP) is 4.28. The summed E-state index contributed by atoms with van der Waals surface area (Å²) in [6.07, 6.45) is 4.34. The van der Waals surface area contributed by atoms with Crippen molar-refractivity contribution < 1.29 is 0 Å². The molecule has 1 aromatic heterocycles. The Kier molecular flexibility index (Phi) is 3.35. The first-order valence-electron chi connectivity index (χ1n) is 6.26. The van der Waals surface area contributed by atoms with Crippen molar-refractivity contribution in [3.05, 3.63) is 23.0 Å². The van der Waals surface area contributed by atoms with Gasteiger partial charge in [0.1, 0.15) is 5.15 Å². The smallest absolute Gasteiger partial charge is 0.129 e. The lowest BCUT2D eigenvalue weighted by molar-refractivity contribution is 0.366. The third-order valence-electron chi connectivity index (χ3n) is 3.75. The fraction of sp³-hybridized carbons (Fsp3) is 0.643. The van der Waals surface area contributed by atoms with Gasteiger partial charge < -0.3 is 5.32 Å². The fourth-order valence-electron chi connectivity index (χ4n) is 2.96. The lowest BCUT2D eigenvalue weighted by Crippen LogP contribution is -2.23. The van der Waals surface area contributed by atoms with Crippen molar-refractivity contribution in [2.24, 2.45) is 11.3 Å². The molecular formula is C14H21ClN2. The number of aryl methyl sites for hydroxylation is 1. The van der Waals surface area contributed by atoms with Gasteiger partial charge in [-0.3, -0.25) is 0 Å². The summed E-state index contributed by atoms with van der Waals surface area (Å²) in [7, 11) is 0. The van der Waals surface area contributed by atoms with Crippen LogP contribution < -0.4 is 5.32 Å². The molecule has 0 saturated heterocycles. The standard InChI is InChI=1S/C14H21ClN2/c1-9-5-13(15)16-8-12(9)17-11-7-14(3,4)6-10(11)2/h5,8,10-11,17H,6-7H2,1-4H3. The minimum Gasteiger partial charge on any atom is -0.381 e. The van der Waals surface area contributed by atoms with Crippen molar-refractivity contribution >= 4 is 17.3 Å². The third kappa shape index (κ3) is 2.92. The number of hydrogen-bond acceptors (Lipinski definition) is 2. The van der Waals surface area contributed by atoms with Crippen molar-refractivity contribution in [1.82, 2.24) is 4.98 Å². The minimum absolute atomic E-state index is 0.449. The van der Waals surface area contributed by atoms with Crippen LogP contribution in [-0.2, 0) is 0 Å². The molecule has 2 nitrogen and oxygen atoms in total. The molecule has 0 amide bonds. The summed E-state index contributed by atoms with van der Waals surface area (Å²) in [5.41, 5.74) is 2.73. The Morgan fingerprint density at radius 3 is 2.65 bits per heavy atom. The number of pyridine rings is 1. The van der Waals surface area contributed by atoms with Crippen LogP contribution in [0.2, 0.25) is 5.15 Å². The normalized spacial score (nSPS) is 27.1. The third-order valence-corrected chi connectivity index (χ3v) is 3.96. The maximum Gasteiger partial charge on any atom is 0.129 e. The Balaban J connectivity index is 2.11. The summed E-state index contributed by atoms with van der Waals surface area (Å²) in [5, 5.41) is 4.18. The summed E-state index contributed by atoms with van der Waals surface area (Å²) < 4.78 is 0. The van der Waals surface area contributed by atoms with E-state index in [0.717, 1.165) is 5.69 Å². The molecule has 2 rings (SSSR count). The lowest BCUT2D eigenvalue weighted by Gasteiger charge is -2.20. The van der Waals surface area contributed by atoms with Crippen LogP contribution >= 0.6 is 11.6 Å². The van der Waals surface area contributed by atoms with Crippen molar-refractivity contribution in [2.45, 2.75) is 46.6 Å². The van der Waals surface area contributed by atoms with Crippen LogP contribution in [0.3, 0.4) is 0 Å². The molecule has 1 saturated carbocycles. The molecule has 2 unspecified atom stereocenters. The van der Waals surface area contributed by atoms with E-state index in [1.54, 1.807) is 0 Å². The highest BCUT2D eigenvalue weighted by Crippen LogP contribution is 2.42. The number of hydrogen-bond donors (Lipinski definition) is 1. The number of nitrogens with zero attached hydrogens (tertiary/aromatic N) is 1. The van der Waals surface area contributed by atoms with Crippen LogP contribution in [0.4, 0.5) is 5.69 Å². The maximum absolute atomic E-state index is 5.87. The van der Waals surface area contributed by atoms with Gasteiger partial charge in [0.05, 0.1) is 11.9 Å². The molecule has 1 aliphatic carbocycles. The Bertz CT molecular complexity index is 415. The maximum atomic E-state index is 5.87. The van der Waals surface area contributed by atoms with E-state index in [4.69, 9.17) is 11.6 Å². The number of halogens is 1. The van der Waals surface area contributed by atoms with E-state index in [-0.39, 0.29) is 0 Å². The van der Waals surface area contributed by atoms with Gasteiger partial charge in [-0.1, -0.05) is 32.4 Å². The lowest BCUT2D eigenvalue weighted by atomic mass is 9.91. The van der Waals surface area contributed by atoms with Crippen LogP contribution in [0.15, 0.2) is 12.3 Å². The average Bonchev–Trinajstić information content (AvgIpc) is 2.44. The zero-order valence-electron chi connectivity index (χ0n) is 11.0. The van der Waals surface area contributed by atoms with Crippen molar-refractivity contribution in [3.63, 3.8) is 0 Å². The zero-order chi connectivity index (χ0) is 12.6. The first-order valence-corrected chi connectivity index (χ1v) is 6.64. The number of rotatable bonds is 2. The van der Waals surface area contributed by atoms with E-state index < -0.39 is 0 Å².